The highest BCUT2D eigenvalue weighted by molar-refractivity contribution is 5.82. The summed E-state index contributed by atoms with van der Waals surface area (Å²) in [6, 6.07) is 1.57. The number of aryl methyl sites for hydroxylation is 1. The van der Waals surface area contributed by atoms with Gasteiger partial charge in [-0.2, -0.15) is 31.4 Å². The highest BCUT2D eigenvalue weighted by Crippen LogP contribution is 2.38. The van der Waals surface area contributed by atoms with E-state index in [1.54, 1.807) is 12.0 Å². The molecule has 2 N–H and O–H groups in total. The van der Waals surface area contributed by atoms with Crippen molar-refractivity contribution in [2.24, 2.45) is 0 Å². The van der Waals surface area contributed by atoms with Gasteiger partial charge in [-0.1, -0.05) is 0 Å². The van der Waals surface area contributed by atoms with Crippen molar-refractivity contribution in [1.29, 1.82) is 0 Å². The molecule has 0 spiro atoms. The van der Waals surface area contributed by atoms with E-state index in [1.165, 1.54) is 21.9 Å². The van der Waals surface area contributed by atoms with E-state index in [1.807, 2.05) is 0 Å². The molecule has 0 radical (unpaired) electrons. The first-order chi connectivity index (χ1) is 20.2. The molecular formula is C26H23F7N8O2. The van der Waals surface area contributed by atoms with Crippen LogP contribution < -0.4 is 21.3 Å². The molecule has 0 bridgehead atoms. The van der Waals surface area contributed by atoms with Crippen LogP contribution in [0.25, 0.3) is 22.3 Å². The predicted octanol–water partition coefficient (Wildman–Crippen LogP) is 4.60. The van der Waals surface area contributed by atoms with Gasteiger partial charge < -0.3 is 10.2 Å². The molecule has 4 heterocycles. The molecule has 0 aliphatic carbocycles. The summed E-state index contributed by atoms with van der Waals surface area (Å²) in [7, 11) is 0. The molecule has 1 aromatic carbocycles. The Morgan fingerprint density at radius 1 is 1.05 bits per heavy atom. The van der Waals surface area contributed by atoms with E-state index < -0.39 is 52.1 Å². The standard InChI is InChI=1S/C26H23F7N8O2/c1-13(37-19-11-36-39-23(42)20(19)26(31,32)33)4-2-5-41-12-35-18-9-14(17(27)8-15(18)24(41)43)21-34-10-16(25(28,29)30)22(38-21)40-6-3-7-40/h8-13H,2-7H2,1H3,(H2,37,39,42). The number of anilines is 2. The van der Waals surface area contributed by atoms with Crippen LogP contribution in [-0.4, -0.2) is 48.8 Å². The number of nitrogens with one attached hydrogen (secondary N) is 2. The Morgan fingerprint density at radius 3 is 2.44 bits per heavy atom. The van der Waals surface area contributed by atoms with Crippen molar-refractivity contribution in [1.82, 2.24) is 29.7 Å². The highest BCUT2D eigenvalue weighted by atomic mass is 19.4. The Kier molecular flexibility index (Phi) is 7.83. The molecule has 1 fully saturated rings. The number of H-pyrrole nitrogens is 1. The predicted molar refractivity (Wildman–Crippen MR) is 141 cm³/mol. The van der Waals surface area contributed by atoms with E-state index in [4.69, 9.17) is 0 Å². The number of hydrogen-bond donors (Lipinski definition) is 2. The van der Waals surface area contributed by atoms with E-state index >= 15 is 4.39 Å². The summed E-state index contributed by atoms with van der Waals surface area (Å²) in [5.74, 6) is -1.56. The third-order valence-corrected chi connectivity index (χ3v) is 6.96. The molecule has 4 aromatic rings. The van der Waals surface area contributed by atoms with Crippen molar-refractivity contribution in [2.75, 3.05) is 23.3 Å². The molecule has 5 rings (SSSR count). The lowest BCUT2D eigenvalue weighted by Gasteiger charge is -2.33. The number of fused-ring (bicyclic) bond motifs is 1. The maximum atomic E-state index is 15.2. The van der Waals surface area contributed by atoms with Crippen molar-refractivity contribution in [3.63, 3.8) is 0 Å². The Hall–Kier alpha value is -4.57. The monoisotopic (exact) mass is 612 g/mol. The number of benzene rings is 1. The maximum Gasteiger partial charge on any atom is 0.423 e. The number of alkyl halides is 6. The van der Waals surface area contributed by atoms with Crippen LogP contribution in [-0.2, 0) is 18.9 Å². The van der Waals surface area contributed by atoms with Crippen molar-refractivity contribution in [3.8, 4) is 11.4 Å². The second-order valence-corrected chi connectivity index (χ2v) is 10.0. The Bertz CT molecular complexity index is 1780. The van der Waals surface area contributed by atoms with Crippen LogP contribution in [0.1, 0.15) is 37.3 Å². The van der Waals surface area contributed by atoms with Crippen molar-refractivity contribution in [2.45, 2.75) is 51.1 Å². The summed E-state index contributed by atoms with van der Waals surface area (Å²) >= 11 is 0. The van der Waals surface area contributed by atoms with Gasteiger partial charge in [0.05, 0.1) is 34.7 Å². The number of nitrogens with zero attached hydrogens (tertiary/aromatic N) is 6. The van der Waals surface area contributed by atoms with Crippen LogP contribution in [0, 0.1) is 5.82 Å². The normalized spacial score (nSPS) is 14.6. The average molecular weight is 613 g/mol. The van der Waals surface area contributed by atoms with Crippen LogP contribution in [0.15, 0.2) is 40.4 Å². The summed E-state index contributed by atoms with van der Waals surface area (Å²) in [5, 5.41) is 7.69. The molecule has 43 heavy (non-hydrogen) atoms. The first kappa shape index (κ1) is 29.9. The Morgan fingerprint density at radius 2 is 1.79 bits per heavy atom. The molecule has 228 valence electrons. The maximum absolute atomic E-state index is 15.2. The van der Waals surface area contributed by atoms with Crippen molar-refractivity contribution < 1.29 is 30.7 Å². The number of halogens is 7. The lowest BCUT2D eigenvalue weighted by atomic mass is 10.1. The zero-order valence-corrected chi connectivity index (χ0v) is 22.4. The summed E-state index contributed by atoms with van der Waals surface area (Å²) in [6.45, 7) is 2.43. The molecule has 0 amide bonds. The van der Waals surface area contributed by atoms with Gasteiger partial charge >= 0.3 is 12.4 Å². The number of rotatable bonds is 8. The van der Waals surface area contributed by atoms with Crippen LogP contribution in [0.4, 0.5) is 42.2 Å². The SMILES string of the molecule is CC(CCCn1cnc2cc(-c3ncc(C(F)(F)F)c(N4CCC4)n3)c(F)cc2c1=O)Nc1cn[nH]c(=O)c1C(F)(F)F. The highest BCUT2D eigenvalue weighted by Gasteiger charge is 2.39. The summed E-state index contributed by atoms with van der Waals surface area (Å²) in [4.78, 5) is 38.0. The van der Waals surface area contributed by atoms with Crippen LogP contribution in [0.2, 0.25) is 0 Å². The first-order valence-electron chi connectivity index (χ1n) is 13.0. The van der Waals surface area contributed by atoms with Crippen LogP contribution >= 0.6 is 0 Å². The molecule has 1 unspecified atom stereocenters. The lowest BCUT2D eigenvalue weighted by Crippen LogP contribution is -2.39. The smallest absolute Gasteiger partial charge is 0.381 e. The van der Waals surface area contributed by atoms with E-state index in [-0.39, 0.29) is 41.1 Å². The van der Waals surface area contributed by atoms with Gasteiger partial charge in [0.15, 0.2) is 5.82 Å². The molecule has 1 saturated heterocycles. The van der Waals surface area contributed by atoms with Crippen LogP contribution in [0.5, 0.6) is 0 Å². The molecule has 17 heteroatoms. The second kappa shape index (κ2) is 11.3. The molecular weight excluding hydrogens is 589 g/mol. The molecule has 1 aliphatic heterocycles. The third-order valence-electron chi connectivity index (χ3n) is 6.96. The van der Waals surface area contributed by atoms with Crippen LogP contribution in [0.3, 0.4) is 0 Å². The molecule has 1 aliphatic rings. The first-order valence-corrected chi connectivity index (χ1v) is 13.0. The van der Waals surface area contributed by atoms with Gasteiger partial charge in [0.1, 0.15) is 22.8 Å². The van der Waals surface area contributed by atoms with Crippen molar-refractivity contribution in [3.05, 3.63) is 68.5 Å². The summed E-state index contributed by atoms with van der Waals surface area (Å²) in [6.07, 6.45) is -5.63. The minimum atomic E-state index is -4.90. The van der Waals surface area contributed by atoms with Gasteiger partial charge in [0.25, 0.3) is 11.1 Å². The van der Waals surface area contributed by atoms with E-state index in [0.717, 1.165) is 12.3 Å². The van der Waals surface area contributed by atoms with E-state index in [2.05, 4.69) is 25.4 Å². The van der Waals surface area contributed by atoms with Gasteiger partial charge in [-0.05, 0) is 38.3 Å². The molecule has 10 nitrogen and oxygen atoms in total. The van der Waals surface area contributed by atoms with Crippen molar-refractivity contribution >= 4 is 22.4 Å². The largest absolute Gasteiger partial charge is 0.423 e. The van der Waals surface area contributed by atoms with Gasteiger partial charge in [0.2, 0.25) is 0 Å². The second-order valence-electron chi connectivity index (χ2n) is 10.0. The van der Waals surface area contributed by atoms with Gasteiger partial charge in [0, 0.05) is 31.9 Å². The number of aromatic amines is 1. The minimum absolute atomic E-state index is 0.0724. The lowest BCUT2D eigenvalue weighted by molar-refractivity contribution is -0.138. The molecule has 3 aromatic heterocycles. The third kappa shape index (κ3) is 6.15. The number of aromatic nitrogens is 6. The van der Waals surface area contributed by atoms with E-state index in [0.29, 0.717) is 32.1 Å². The Labute approximate surface area is 237 Å². The van der Waals surface area contributed by atoms with Gasteiger partial charge in [-0.3, -0.25) is 14.2 Å². The summed E-state index contributed by atoms with van der Waals surface area (Å²) < 4.78 is 96.7. The summed E-state index contributed by atoms with van der Waals surface area (Å²) in [5.41, 5.74) is -5.03. The Balaban J connectivity index is 1.33. The minimum Gasteiger partial charge on any atom is -0.381 e. The quantitative estimate of drug-likeness (QED) is 0.277. The topological polar surface area (TPSA) is 122 Å². The fourth-order valence-corrected chi connectivity index (χ4v) is 4.68. The fraction of sp³-hybridized carbons (Fsp3) is 0.385. The molecule has 0 saturated carbocycles. The average Bonchev–Trinajstić information content (AvgIpc) is 2.87. The zero-order chi connectivity index (χ0) is 31.1. The van der Waals surface area contributed by atoms with E-state index in [9.17, 15) is 35.9 Å². The fourth-order valence-electron chi connectivity index (χ4n) is 4.68. The van der Waals surface area contributed by atoms with Gasteiger partial charge in [-0.25, -0.2) is 24.4 Å². The molecule has 1 atom stereocenters. The number of hydrogen-bond acceptors (Lipinski definition) is 8. The van der Waals surface area contributed by atoms with Gasteiger partial charge in [-0.15, -0.1) is 0 Å². The zero-order valence-electron chi connectivity index (χ0n) is 22.4.